The van der Waals surface area contributed by atoms with Gasteiger partial charge in [-0.05, 0) is 52.7 Å². The zero-order chi connectivity index (χ0) is 16.6. The van der Waals surface area contributed by atoms with E-state index in [1.807, 2.05) is 12.1 Å². The molecule has 7 heteroatoms. The van der Waals surface area contributed by atoms with Crippen molar-refractivity contribution in [2.75, 3.05) is 46.3 Å². The lowest BCUT2D eigenvalue weighted by atomic mass is 10.2. The van der Waals surface area contributed by atoms with Crippen molar-refractivity contribution in [3.05, 3.63) is 12.3 Å². The molecule has 0 saturated carbocycles. The Hall–Kier alpha value is -0.700. The first-order valence-corrected chi connectivity index (χ1v) is 8.35. The number of hydrogen-bond donors (Lipinski definition) is 6. The molecule has 0 aliphatic carbocycles. The third kappa shape index (κ3) is 13.0. The van der Waals surface area contributed by atoms with Crippen LogP contribution in [0.15, 0.2) is 12.3 Å². The first kappa shape index (κ1) is 21.3. The molecule has 0 amide bonds. The highest BCUT2D eigenvalue weighted by Crippen LogP contribution is 1.93. The molecule has 1 atom stereocenters. The van der Waals surface area contributed by atoms with Crippen LogP contribution in [0.2, 0.25) is 0 Å². The Morgan fingerprint density at radius 2 is 1.73 bits per heavy atom. The van der Waals surface area contributed by atoms with Crippen LogP contribution in [-0.2, 0) is 0 Å². The van der Waals surface area contributed by atoms with Crippen molar-refractivity contribution in [2.24, 2.45) is 11.7 Å². The Bertz CT molecular complexity index is 260. The average Bonchev–Trinajstić information content (AvgIpc) is 2.52. The van der Waals surface area contributed by atoms with Gasteiger partial charge in [0, 0.05) is 37.9 Å². The normalized spacial score (nSPS) is 12.6. The second kappa shape index (κ2) is 15.2. The van der Waals surface area contributed by atoms with E-state index in [1.165, 1.54) is 0 Å². The third-order valence-corrected chi connectivity index (χ3v) is 3.65. The van der Waals surface area contributed by atoms with E-state index in [0.717, 1.165) is 70.6 Å². The smallest absolute Gasteiger partial charge is 0.0432 e. The minimum atomic E-state index is 0.313. The zero-order valence-corrected chi connectivity index (χ0v) is 14.5. The van der Waals surface area contributed by atoms with Crippen LogP contribution in [0.4, 0.5) is 0 Å². The number of unbranched alkanes of at least 4 members (excludes halogenated alkanes) is 1. The van der Waals surface area contributed by atoms with E-state index in [1.54, 1.807) is 0 Å². The van der Waals surface area contributed by atoms with Gasteiger partial charge >= 0.3 is 0 Å². The van der Waals surface area contributed by atoms with E-state index >= 15 is 0 Å². The number of nitrogens with two attached hydrogens (primary N) is 2. The second-order valence-corrected chi connectivity index (χ2v) is 5.62. The van der Waals surface area contributed by atoms with Crippen LogP contribution in [0.3, 0.4) is 0 Å². The van der Waals surface area contributed by atoms with Gasteiger partial charge in [-0.25, -0.2) is 5.01 Å². The number of hydrazine groups is 2. The van der Waals surface area contributed by atoms with Crippen molar-refractivity contribution in [3.8, 4) is 0 Å². The summed E-state index contributed by atoms with van der Waals surface area (Å²) in [6.45, 7) is 11.8. The molecule has 132 valence electrons. The maximum Gasteiger partial charge on any atom is 0.0432 e. The van der Waals surface area contributed by atoms with E-state index in [2.05, 4.69) is 34.9 Å². The van der Waals surface area contributed by atoms with Crippen molar-refractivity contribution >= 4 is 0 Å². The van der Waals surface area contributed by atoms with Crippen LogP contribution in [0.1, 0.15) is 32.6 Å². The van der Waals surface area contributed by atoms with Gasteiger partial charge in [-0.1, -0.05) is 6.58 Å². The fourth-order valence-electron chi connectivity index (χ4n) is 1.98. The molecule has 0 heterocycles. The number of nitrogens with zero attached hydrogens (tertiary/aromatic N) is 1. The molecule has 0 saturated heterocycles. The van der Waals surface area contributed by atoms with Crippen LogP contribution in [0.5, 0.6) is 0 Å². The fraction of sp³-hybridized carbons (Fsp3) is 0.867. The van der Waals surface area contributed by atoms with Gasteiger partial charge in [0.25, 0.3) is 0 Å². The van der Waals surface area contributed by atoms with Crippen molar-refractivity contribution in [3.63, 3.8) is 0 Å². The molecular formula is C15H37N7. The molecule has 0 aliphatic rings. The molecule has 0 aliphatic heterocycles. The predicted molar refractivity (Wildman–Crippen MR) is 95.0 cm³/mol. The Labute approximate surface area is 136 Å². The van der Waals surface area contributed by atoms with E-state index in [4.69, 9.17) is 11.7 Å². The van der Waals surface area contributed by atoms with Crippen LogP contribution in [0.25, 0.3) is 0 Å². The van der Waals surface area contributed by atoms with Gasteiger partial charge in [-0.3, -0.25) is 17.1 Å². The highest BCUT2D eigenvalue weighted by Gasteiger charge is 2.01. The van der Waals surface area contributed by atoms with Gasteiger partial charge < -0.3 is 16.0 Å². The molecule has 0 fully saturated rings. The summed E-state index contributed by atoms with van der Waals surface area (Å²) in [5.74, 6) is 11.1. The largest absolute Gasteiger partial charge is 0.388 e. The minimum Gasteiger partial charge on any atom is -0.388 e. The molecule has 0 aromatic rings. The lowest BCUT2D eigenvalue weighted by molar-refractivity contribution is 0.272. The van der Waals surface area contributed by atoms with Crippen LogP contribution in [-0.4, -0.2) is 57.4 Å². The topological polar surface area (TPSA) is 103 Å². The maximum atomic E-state index is 5.88. The van der Waals surface area contributed by atoms with Crippen LogP contribution < -0.4 is 33.1 Å². The third-order valence-electron chi connectivity index (χ3n) is 3.65. The molecule has 0 rings (SSSR count). The van der Waals surface area contributed by atoms with Gasteiger partial charge in [-0.15, -0.1) is 0 Å². The monoisotopic (exact) mass is 315 g/mol. The summed E-state index contributed by atoms with van der Waals surface area (Å²) in [4.78, 5) is 0. The summed E-state index contributed by atoms with van der Waals surface area (Å²) >= 11 is 0. The van der Waals surface area contributed by atoms with Gasteiger partial charge in [0.15, 0.2) is 0 Å². The quantitative estimate of drug-likeness (QED) is 0.129. The molecule has 0 radical (unpaired) electrons. The summed E-state index contributed by atoms with van der Waals surface area (Å²) in [6, 6.07) is 0.313. The predicted octanol–water partition coefficient (Wildman–Crippen LogP) is -0.513. The van der Waals surface area contributed by atoms with Crippen molar-refractivity contribution < 1.29 is 0 Å². The highest BCUT2D eigenvalue weighted by molar-refractivity contribution is 5.00. The van der Waals surface area contributed by atoms with Crippen LogP contribution in [0, 0.1) is 0 Å². The van der Waals surface area contributed by atoms with Gasteiger partial charge in [0.05, 0.1) is 0 Å². The summed E-state index contributed by atoms with van der Waals surface area (Å²) in [6.07, 6.45) is 4.36. The molecule has 1 unspecified atom stereocenters. The number of nitrogens with one attached hydrogen (secondary N) is 4. The van der Waals surface area contributed by atoms with E-state index in [9.17, 15) is 0 Å². The number of hydrogen-bond acceptors (Lipinski definition) is 7. The lowest BCUT2D eigenvalue weighted by Gasteiger charge is -2.16. The van der Waals surface area contributed by atoms with E-state index < -0.39 is 0 Å². The van der Waals surface area contributed by atoms with Gasteiger partial charge in [0.2, 0.25) is 0 Å². The summed E-state index contributed by atoms with van der Waals surface area (Å²) in [5.41, 5.74) is 3.69. The molecule has 0 bridgehead atoms. The Kier molecular flexibility index (Phi) is 14.7. The maximum absolute atomic E-state index is 5.88. The second-order valence-electron chi connectivity index (χ2n) is 5.62. The molecule has 0 spiro atoms. The molecule has 0 aromatic heterocycles. The first-order valence-electron chi connectivity index (χ1n) is 8.35. The highest BCUT2D eigenvalue weighted by atomic mass is 15.4. The lowest BCUT2D eigenvalue weighted by Crippen LogP contribution is -2.35. The van der Waals surface area contributed by atoms with E-state index in [0.29, 0.717) is 6.04 Å². The standard InChI is InChI=1S/C15H37N7/c1-14(18-3)15(2)20-10-6-9-19-8-4-5-12-22(17)13-7-11-21-16/h14,18-21H,2,4-13,16-17H2,1,3H3. The fourth-order valence-corrected chi connectivity index (χ4v) is 1.98. The summed E-state index contributed by atoms with van der Waals surface area (Å²) < 4.78 is 0. The molecule has 0 aromatic carbocycles. The van der Waals surface area contributed by atoms with E-state index in [-0.39, 0.29) is 0 Å². The summed E-state index contributed by atoms with van der Waals surface area (Å²) in [5, 5.41) is 11.8. The van der Waals surface area contributed by atoms with Gasteiger partial charge in [-0.2, -0.15) is 0 Å². The molecule has 22 heavy (non-hydrogen) atoms. The van der Waals surface area contributed by atoms with Crippen molar-refractivity contribution in [1.82, 2.24) is 26.4 Å². The molecule has 7 nitrogen and oxygen atoms in total. The van der Waals surface area contributed by atoms with Crippen molar-refractivity contribution in [2.45, 2.75) is 38.6 Å². The summed E-state index contributed by atoms with van der Waals surface area (Å²) in [7, 11) is 1.94. The SMILES string of the molecule is C=C(NCCCNCCCCN(N)CCCNN)C(C)NC. The number of rotatable bonds is 16. The first-order chi connectivity index (χ1) is 10.6. The van der Waals surface area contributed by atoms with Gasteiger partial charge in [0.1, 0.15) is 0 Å². The average molecular weight is 316 g/mol. The molecular weight excluding hydrogens is 278 g/mol. The zero-order valence-electron chi connectivity index (χ0n) is 14.5. The van der Waals surface area contributed by atoms with Crippen LogP contribution >= 0.6 is 0 Å². The van der Waals surface area contributed by atoms with Crippen molar-refractivity contribution in [1.29, 1.82) is 0 Å². The minimum absolute atomic E-state index is 0.313. The number of likely N-dealkylation sites (N-methyl/N-ethyl adjacent to an activating group) is 1. The Morgan fingerprint density at radius 1 is 1.05 bits per heavy atom. The Morgan fingerprint density at radius 3 is 2.41 bits per heavy atom. The Balaban J connectivity index is 3.25. The molecule has 8 N–H and O–H groups in total.